The van der Waals surface area contributed by atoms with Gasteiger partial charge in [0.2, 0.25) is 18.4 Å². The molecule has 10 atom stereocenters. The van der Waals surface area contributed by atoms with Crippen LogP contribution in [0.4, 0.5) is 0 Å². The van der Waals surface area contributed by atoms with E-state index in [1.807, 2.05) is 0 Å². The fourth-order valence-electron chi connectivity index (χ4n) is 4.70. The Morgan fingerprint density at radius 1 is 0.738 bits per heavy atom. The zero-order chi connectivity index (χ0) is 30.3. The molecule has 5 rings (SSSR count). The minimum absolute atomic E-state index is 0.0898. The molecule has 3 aliphatic heterocycles. The summed E-state index contributed by atoms with van der Waals surface area (Å²) in [7, 11) is 0. The maximum atomic E-state index is 13.0. The number of aliphatic hydroxyl groups excluding tert-OH is 8. The number of ketones is 1. The smallest absolute Gasteiger partial charge is 0.231 e. The summed E-state index contributed by atoms with van der Waals surface area (Å²) >= 11 is 0. The number of Topliss-reactive ketones (excluding diaryl/α,β-unsaturated/α-hetero) is 1. The van der Waals surface area contributed by atoms with Crippen molar-refractivity contribution in [3.05, 3.63) is 53.3 Å². The average molecular weight is 595 g/mol. The molecular weight excluding hydrogens is 564 g/mol. The van der Waals surface area contributed by atoms with Gasteiger partial charge in [0.25, 0.3) is 0 Å². The maximum absolute atomic E-state index is 13.0. The molecule has 2 aromatic rings. The van der Waals surface area contributed by atoms with E-state index < -0.39 is 80.4 Å². The molecule has 0 bridgehead atoms. The lowest BCUT2D eigenvalue weighted by molar-refractivity contribution is -0.277. The van der Waals surface area contributed by atoms with Crippen LogP contribution in [0.25, 0.3) is 6.08 Å². The molecule has 3 aliphatic rings. The van der Waals surface area contributed by atoms with Gasteiger partial charge < -0.3 is 69.6 Å². The van der Waals surface area contributed by atoms with Crippen LogP contribution < -0.4 is 14.2 Å². The molecule has 2 fully saturated rings. The Kier molecular flexibility index (Phi) is 8.68. The highest BCUT2D eigenvalue weighted by Crippen LogP contribution is 2.37. The fraction of sp³-hybridized carbons (Fsp3) is 0.444. The first-order chi connectivity index (χ1) is 20.0. The van der Waals surface area contributed by atoms with Crippen LogP contribution in [-0.2, 0) is 9.47 Å². The van der Waals surface area contributed by atoms with Gasteiger partial charge in [-0.1, -0.05) is 6.07 Å². The highest BCUT2D eigenvalue weighted by Gasteiger charge is 2.46. The second kappa shape index (κ2) is 12.1. The molecule has 3 heterocycles. The van der Waals surface area contributed by atoms with Crippen molar-refractivity contribution in [3.63, 3.8) is 0 Å². The summed E-state index contributed by atoms with van der Waals surface area (Å²) in [6.07, 6.45) is -13.9. The van der Waals surface area contributed by atoms with E-state index >= 15 is 0 Å². The first-order valence-electron chi connectivity index (χ1n) is 12.9. The number of allylic oxidation sites excluding steroid dienone is 1. The number of hydrogen-bond donors (Lipinski definition) is 9. The second-order valence-corrected chi connectivity index (χ2v) is 9.96. The first kappa shape index (κ1) is 30.1. The summed E-state index contributed by atoms with van der Waals surface area (Å²) in [6.45, 7) is -1.30. The van der Waals surface area contributed by atoms with Gasteiger partial charge in [-0.25, -0.2) is 0 Å². The molecular formula is C27H30O15. The Morgan fingerprint density at radius 2 is 1.33 bits per heavy atom. The lowest BCUT2D eigenvalue weighted by atomic mass is 9.99. The Balaban J connectivity index is 1.31. The SMILES string of the molecule is O=C1/C(=C/c2ccc(O)c(OC3OC(CO)C(O)C(O)C3O)c2)Oc2cc(OC3OC(CO)C(O)C(O)C3O)ccc21. The van der Waals surface area contributed by atoms with E-state index in [9.17, 15) is 50.8 Å². The van der Waals surface area contributed by atoms with Crippen LogP contribution in [0.5, 0.6) is 23.0 Å². The van der Waals surface area contributed by atoms with Gasteiger partial charge in [-0.3, -0.25) is 4.79 Å². The van der Waals surface area contributed by atoms with Crippen LogP contribution in [0, 0.1) is 0 Å². The van der Waals surface area contributed by atoms with Crippen molar-refractivity contribution in [2.75, 3.05) is 13.2 Å². The molecule has 10 unspecified atom stereocenters. The van der Waals surface area contributed by atoms with Gasteiger partial charge in [0, 0.05) is 6.07 Å². The molecule has 2 saturated heterocycles. The van der Waals surface area contributed by atoms with Crippen molar-refractivity contribution in [2.45, 2.75) is 61.4 Å². The van der Waals surface area contributed by atoms with E-state index in [-0.39, 0.29) is 34.3 Å². The van der Waals surface area contributed by atoms with Crippen molar-refractivity contribution in [2.24, 2.45) is 0 Å². The van der Waals surface area contributed by atoms with E-state index in [0.717, 1.165) is 0 Å². The number of phenolic OH excluding ortho intramolecular Hbond substituents is 1. The topological polar surface area (TPSA) is 245 Å². The highest BCUT2D eigenvalue weighted by atomic mass is 16.7. The van der Waals surface area contributed by atoms with Gasteiger partial charge in [-0.2, -0.15) is 0 Å². The van der Waals surface area contributed by atoms with Crippen molar-refractivity contribution in [1.82, 2.24) is 0 Å². The van der Waals surface area contributed by atoms with Crippen LogP contribution in [0.2, 0.25) is 0 Å². The number of carbonyl (C=O) groups is 1. The minimum atomic E-state index is -1.71. The standard InChI is InChI=1S/C27H30O15/c28-8-17-20(32)22(34)24(36)26(41-17)38-11-2-3-12-14(7-11)39-16(19(12)31)6-10-1-4-13(30)15(5-10)40-27-25(37)23(35)21(33)18(9-29)42-27/h1-7,17-18,20-30,32-37H,8-9H2/b16-6-. The Morgan fingerprint density at radius 3 is 1.93 bits per heavy atom. The van der Waals surface area contributed by atoms with Crippen LogP contribution in [0.15, 0.2) is 42.2 Å². The van der Waals surface area contributed by atoms with Crippen molar-refractivity contribution >= 4 is 11.9 Å². The molecule has 15 heteroatoms. The van der Waals surface area contributed by atoms with E-state index in [4.69, 9.17) is 23.7 Å². The molecule has 228 valence electrons. The highest BCUT2D eigenvalue weighted by molar-refractivity contribution is 6.14. The van der Waals surface area contributed by atoms with Gasteiger partial charge in [0.05, 0.1) is 18.8 Å². The van der Waals surface area contributed by atoms with Crippen LogP contribution in [-0.4, -0.2) is 126 Å². The molecule has 15 nitrogen and oxygen atoms in total. The molecule has 0 amide bonds. The van der Waals surface area contributed by atoms with Crippen molar-refractivity contribution in [1.29, 1.82) is 0 Å². The molecule has 42 heavy (non-hydrogen) atoms. The number of aromatic hydroxyl groups is 1. The lowest BCUT2D eigenvalue weighted by Crippen LogP contribution is -2.60. The molecule has 0 aliphatic carbocycles. The number of ether oxygens (including phenoxy) is 5. The lowest BCUT2D eigenvalue weighted by Gasteiger charge is -2.39. The molecule has 0 radical (unpaired) electrons. The minimum Gasteiger partial charge on any atom is -0.504 e. The van der Waals surface area contributed by atoms with Crippen LogP contribution in [0.1, 0.15) is 15.9 Å². The number of benzene rings is 2. The average Bonchev–Trinajstić information content (AvgIpc) is 3.28. The van der Waals surface area contributed by atoms with Crippen molar-refractivity contribution < 1.29 is 74.4 Å². The number of carbonyl (C=O) groups excluding carboxylic acids is 1. The normalized spacial score (nSPS) is 35.5. The van der Waals surface area contributed by atoms with Gasteiger partial charge in [-0.05, 0) is 35.9 Å². The quantitative estimate of drug-likeness (QED) is 0.149. The van der Waals surface area contributed by atoms with Gasteiger partial charge in [0.1, 0.15) is 60.3 Å². The second-order valence-electron chi connectivity index (χ2n) is 9.96. The summed E-state index contributed by atoms with van der Waals surface area (Å²) < 4.78 is 27.4. The molecule has 0 saturated carbocycles. The third-order valence-corrected chi connectivity index (χ3v) is 7.12. The monoisotopic (exact) mass is 594 g/mol. The number of aliphatic hydroxyl groups is 8. The maximum Gasteiger partial charge on any atom is 0.231 e. The third kappa shape index (κ3) is 5.67. The summed E-state index contributed by atoms with van der Waals surface area (Å²) in [5.41, 5.74) is 0.500. The zero-order valence-corrected chi connectivity index (χ0v) is 21.7. The molecule has 2 aromatic carbocycles. The Bertz CT molecular complexity index is 1330. The van der Waals surface area contributed by atoms with Crippen molar-refractivity contribution in [3.8, 4) is 23.0 Å². The van der Waals surface area contributed by atoms with E-state index in [1.54, 1.807) is 0 Å². The van der Waals surface area contributed by atoms with Gasteiger partial charge in [0.15, 0.2) is 17.3 Å². The molecule has 9 N–H and O–H groups in total. The summed E-state index contributed by atoms with van der Waals surface area (Å²) in [5.74, 6) is -0.983. The van der Waals surface area contributed by atoms with Crippen LogP contribution >= 0.6 is 0 Å². The zero-order valence-electron chi connectivity index (χ0n) is 21.7. The number of phenols is 1. The summed E-state index contributed by atoms with van der Waals surface area (Å²) in [5, 5.41) is 89.3. The Hall–Kier alpha value is -3.35. The predicted octanol–water partition coefficient (Wildman–Crippen LogP) is -2.63. The Labute approximate surface area is 237 Å². The van der Waals surface area contributed by atoms with Gasteiger partial charge >= 0.3 is 0 Å². The molecule has 0 spiro atoms. The molecule has 0 aromatic heterocycles. The van der Waals surface area contributed by atoms with E-state index in [2.05, 4.69) is 0 Å². The fourth-order valence-corrected chi connectivity index (χ4v) is 4.70. The van der Waals surface area contributed by atoms with Crippen LogP contribution in [0.3, 0.4) is 0 Å². The van der Waals surface area contributed by atoms with E-state index in [1.165, 1.54) is 42.5 Å². The first-order valence-corrected chi connectivity index (χ1v) is 12.9. The summed E-state index contributed by atoms with van der Waals surface area (Å²) in [6, 6.07) is 8.14. The predicted molar refractivity (Wildman–Crippen MR) is 136 cm³/mol. The number of hydrogen-bond acceptors (Lipinski definition) is 15. The number of rotatable bonds is 7. The number of fused-ring (bicyclic) bond motifs is 1. The largest absolute Gasteiger partial charge is 0.504 e. The summed E-state index contributed by atoms with van der Waals surface area (Å²) in [4.78, 5) is 13.0. The van der Waals surface area contributed by atoms with Gasteiger partial charge in [-0.15, -0.1) is 0 Å². The third-order valence-electron chi connectivity index (χ3n) is 7.12. The van der Waals surface area contributed by atoms with E-state index in [0.29, 0.717) is 5.56 Å².